The molecule has 0 saturated heterocycles. The van der Waals surface area contributed by atoms with E-state index in [4.69, 9.17) is 4.42 Å². The quantitative estimate of drug-likeness (QED) is 0.636. The molecule has 2 aromatic carbocycles. The van der Waals surface area contributed by atoms with Crippen LogP contribution in [-0.2, 0) is 28.7 Å². The molecule has 0 fully saturated rings. The second-order valence-electron chi connectivity index (χ2n) is 7.60. The molecule has 3 aromatic rings. The van der Waals surface area contributed by atoms with Gasteiger partial charge in [-0.25, -0.2) is 0 Å². The van der Waals surface area contributed by atoms with Gasteiger partial charge < -0.3 is 9.73 Å². The lowest BCUT2D eigenvalue weighted by Crippen LogP contribution is -2.30. The third kappa shape index (κ3) is 4.85. The fourth-order valence-electron chi connectivity index (χ4n) is 3.79. The summed E-state index contributed by atoms with van der Waals surface area (Å²) < 4.78 is 18.1. The van der Waals surface area contributed by atoms with Crippen LogP contribution in [0.15, 0.2) is 65.1 Å². The zero-order chi connectivity index (χ0) is 20.2. The van der Waals surface area contributed by atoms with Crippen LogP contribution >= 0.6 is 0 Å². The topological polar surface area (TPSA) is 59.3 Å². The largest absolute Gasteiger partial charge is 0.455 e. The van der Waals surface area contributed by atoms with Crippen LogP contribution in [-0.4, -0.2) is 10.1 Å². The minimum absolute atomic E-state index is 0.0108. The minimum Gasteiger partial charge on any atom is -0.455 e. The first-order valence-corrected chi connectivity index (χ1v) is 11.5. The highest BCUT2D eigenvalue weighted by molar-refractivity contribution is 7.83. The van der Waals surface area contributed by atoms with Crippen molar-refractivity contribution < 1.29 is 13.4 Å². The first-order valence-electron chi connectivity index (χ1n) is 9.96. The zero-order valence-corrected chi connectivity index (χ0v) is 17.3. The number of fused-ring (bicyclic) bond motifs is 1. The lowest BCUT2D eigenvalue weighted by atomic mass is 9.88. The number of aryl methyl sites for hydroxylation is 2. The van der Waals surface area contributed by atoms with Crippen molar-refractivity contribution >= 4 is 16.7 Å². The highest BCUT2D eigenvalue weighted by Crippen LogP contribution is 2.29. The van der Waals surface area contributed by atoms with E-state index in [9.17, 15) is 9.00 Å². The molecule has 1 amide bonds. The van der Waals surface area contributed by atoms with Crippen LogP contribution in [0.3, 0.4) is 0 Å². The van der Waals surface area contributed by atoms with E-state index < -0.39 is 10.8 Å². The van der Waals surface area contributed by atoms with E-state index in [0.29, 0.717) is 17.3 Å². The monoisotopic (exact) mass is 407 g/mol. The van der Waals surface area contributed by atoms with Crippen molar-refractivity contribution in [3.63, 3.8) is 0 Å². The Morgan fingerprint density at radius 3 is 2.69 bits per heavy atom. The average Bonchev–Trinajstić information content (AvgIpc) is 3.18. The average molecular weight is 408 g/mol. The first kappa shape index (κ1) is 19.6. The van der Waals surface area contributed by atoms with Gasteiger partial charge >= 0.3 is 0 Å². The molecule has 0 radical (unpaired) electrons. The third-order valence-electron chi connectivity index (χ3n) is 5.31. The van der Waals surface area contributed by atoms with Crippen molar-refractivity contribution in [2.75, 3.05) is 0 Å². The summed E-state index contributed by atoms with van der Waals surface area (Å²) >= 11 is 0. The second-order valence-corrected chi connectivity index (χ2v) is 9.05. The Hall–Kier alpha value is -2.66. The summed E-state index contributed by atoms with van der Waals surface area (Å²) in [5.41, 5.74) is 4.71. The van der Waals surface area contributed by atoms with Crippen LogP contribution in [0.2, 0.25) is 0 Å². The van der Waals surface area contributed by atoms with E-state index in [1.54, 1.807) is 12.1 Å². The van der Waals surface area contributed by atoms with Crippen molar-refractivity contribution in [3.05, 3.63) is 94.4 Å². The maximum atomic E-state index is 12.7. The molecule has 4 nitrogen and oxygen atoms in total. The number of hydrogen-bond donors (Lipinski definition) is 1. The molecule has 1 aliphatic rings. The maximum Gasteiger partial charge on any atom is 0.287 e. The number of amides is 1. The van der Waals surface area contributed by atoms with E-state index in [1.165, 1.54) is 16.7 Å². The van der Waals surface area contributed by atoms with Gasteiger partial charge in [0.1, 0.15) is 5.76 Å². The summed E-state index contributed by atoms with van der Waals surface area (Å²) in [6.07, 6.45) is 3.04. The molecule has 5 heteroatoms. The van der Waals surface area contributed by atoms with Gasteiger partial charge in [0.2, 0.25) is 0 Å². The Kier molecular flexibility index (Phi) is 5.95. The van der Waals surface area contributed by atoms with E-state index in [-0.39, 0.29) is 17.7 Å². The van der Waals surface area contributed by atoms with Crippen LogP contribution in [0.5, 0.6) is 0 Å². The predicted molar refractivity (Wildman–Crippen MR) is 115 cm³/mol. The summed E-state index contributed by atoms with van der Waals surface area (Å²) in [7, 11) is -1.09. The zero-order valence-electron chi connectivity index (χ0n) is 16.5. The fourth-order valence-corrected chi connectivity index (χ4v) is 4.93. The smallest absolute Gasteiger partial charge is 0.287 e. The Labute approximate surface area is 173 Å². The summed E-state index contributed by atoms with van der Waals surface area (Å²) in [4.78, 5) is 12.7. The number of carbonyl (C=O) groups is 1. The third-order valence-corrected chi connectivity index (χ3v) is 6.57. The molecule has 0 aliphatic heterocycles. The normalized spacial score (nSPS) is 16.8. The molecule has 1 heterocycles. The molecule has 150 valence electrons. The Balaban J connectivity index is 1.37. The molecular weight excluding hydrogens is 382 g/mol. The number of furan rings is 1. The summed E-state index contributed by atoms with van der Waals surface area (Å²) in [6, 6.07) is 19.7. The molecule has 1 aromatic heterocycles. The molecule has 1 N–H and O–H groups in total. The fraction of sp³-hybridized carbons (Fsp3) is 0.292. The van der Waals surface area contributed by atoms with Gasteiger partial charge in [0, 0.05) is 16.6 Å². The van der Waals surface area contributed by atoms with Gasteiger partial charge in [0.05, 0.1) is 11.8 Å². The molecule has 0 bridgehead atoms. The second kappa shape index (κ2) is 8.78. The van der Waals surface area contributed by atoms with Gasteiger partial charge in [-0.15, -0.1) is 0 Å². The molecule has 2 atom stereocenters. The molecule has 0 spiro atoms. The number of rotatable bonds is 6. The predicted octanol–water partition coefficient (Wildman–Crippen LogP) is 4.84. The Morgan fingerprint density at radius 2 is 1.86 bits per heavy atom. The highest BCUT2D eigenvalue weighted by Gasteiger charge is 2.23. The number of nitrogens with one attached hydrogen (secondary N) is 1. The maximum absolute atomic E-state index is 12.7. The van der Waals surface area contributed by atoms with Crippen LogP contribution in [0.1, 0.15) is 57.5 Å². The first-order chi connectivity index (χ1) is 14.1. The molecular formula is C24H25NO3S. The van der Waals surface area contributed by atoms with Crippen molar-refractivity contribution in [1.82, 2.24) is 5.32 Å². The Bertz CT molecular complexity index is 1020. The molecule has 0 unspecified atom stereocenters. The van der Waals surface area contributed by atoms with E-state index in [0.717, 1.165) is 24.8 Å². The number of hydrogen-bond acceptors (Lipinski definition) is 3. The van der Waals surface area contributed by atoms with Gasteiger partial charge in [-0.2, -0.15) is 0 Å². The van der Waals surface area contributed by atoms with Crippen LogP contribution in [0.4, 0.5) is 0 Å². The minimum atomic E-state index is -1.09. The lowest BCUT2D eigenvalue weighted by Gasteiger charge is -2.25. The van der Waals surface area contributed by atoms with Gasteiger partial charge in [-0.1, -0.05) is 54.1 Å². The number of benzene rings is 2. The number of carbonyl (C=O) groups excluding carboxylic acids is 1. The molecule has 0 saturated carbocycles. The molecule has 29 heavy (non-hydrogen) atoms. The van der Waals surface area contributed by atoms with E-state index in [2.05, 4.69) is 17.4 Å². The highest BCUT2D eigenvalue weighted by atomic mass is 32.2. The van der Waals surface area contributed by atoms with Crippen LogP contribution in [0, 0.1) is 6.92 Å². The lowest BCUT2D eigenvalue weighted by molar-refractivity contribution is 0.0903. The van der Waals surface area contributed by atoms with Gasteiger partial charge in [0.25, 0.3) is 5.91 Å². The standard InChI is InChI=1S/C24H25NO3S/c1-17-9-11-18(12-10-17)15-29(27)16-20-13-14-23(28-20)24(26)25-22-8-4-6-19-5-2-3-7-21(19)22/h2-3,5,7,9-14,22H,4,6,8,15-16H2,1H3,(H,25,26)/t22-,29-/m1/s1. The van der Waals surface area contributed by atoms with Gasteiger partial charge in [0.15, 0.2) is 5.76 Å². The van der Waals surface area contributed by atoms with Gasteiger partial charge in [-0.05, 0) is 55.0 Å². The van der Waals surface area contributed by atoms with E-state index >= 15 is 0 Å². The van der Waals surface area contributed by atoms with Gasteiger partial charge in [-0.3, -0.25) is 9.00 Å². The summed E-state index contributed by atoms with van der Waals surface area (Å²) in [6.45, 7) is 2.03. The SMILES string of the molecule is Cc1ccc(C[S@@](=O)Cc2ccc(C(=O)N[C@@H]3CCCc4ccccc43)o2)cc1. The van der Waals surface area contributed by atoms with Crippen molar-refractivity contribution in [2.45, 2.75) is 43.7 Å². The van der Waals surface area contributed by atoms with Crippen molar-refractivity contribution in [2.24, 2.45) is 0 Å². The summed E-state index contributed by atoms with van der Waals surface area (Å²) in [5, 5.41) is 3.09. The summed E-state index contributed by atoms with van der Waals surface area (Å²) in [5.74, 6) is 1.40. The molecule has 1 aliphatic carbocycles. The van der Waals surface area contributed by atoms with Crippen molar-refractivity contribution in [3.8, 4) is 0 Å². The van der Waals surface area contributed by atoms with E-state index in [1.807, 2.05) is 43.3 Å². The Morgan fingerprint density at radius 1 is 1.07 bits per heavy atom. The van der Waals surface area contributed by atoms with Crippen LogP contribution in [0.25, 0.3) is 0 Å². The molecule has 4 rings (SSSR count). The van der Waals surface area contributed by atoms with Crippen LogP contribution < -0.4 is 5.32 Å². The van der Waals surface area contributed by atoms with Crippen molar-refractivity contribution in [1.29, 1.82) is 0 Å².